The molecule has 0 aliphatic carbocycles. The number of hydrogen-bond acceptors (Lipinski definition) is 4. The fraction of sp³-hybridized carbons (Fsp3) is 0.240. The highest BCUT2D eigenvalue weighted by Gasteiger charge is 2.27. The second-order valence-electron chi connectivity index (χ2n) is 7.61. The Morgan fingerprint density at radius 1 is 0.875 bits per heavy atom. The Balaban J connectivity index is 1.73. The van der Waals surface area contributed by atoms with Gasteiger partial charge in [-0.25, -0.2) is 8.42 Å². The van der Waals surface area contributed by atoms with Crippen molar-refractivity contribution in [2.24, 2.45) is 0 Å². The lowest BCUT2D eigenvalue weighted by atomic mass is 10.1. The predicted octanol–water partition coefficient (Wildman–Crippen LogP) is 3.87. The van der Waals surface area contributed by atoms with Gasteiger partial charge in [-0.1, -0.05) is 47.5 Å². The molecule has 0 unspecified atom stereocenters. The maximum atomic E-state index is 13.4. The van der Waals surface area contributed by atoms with Gasteiger partial charge in [0.05, 0.1) is 17.7 Å². The summed E-state index contributed by atoms with van der Waals surface area (Å²) in [6.07, 6.45) is 0.630. The summed E-state index contributed by atoms with van der Waals surface area (Å²) < 4.78 is 33.0. The van der Waals surface area contributed by atoms with E-state index >= 15 is 0 Å². The zero-order chi connectivity index (χ0) is 23.1. The van der Waals surface area contributed by atoms with E-state index in [0.29, 0.717) is 18.7 Å². The molecule has 0 saturated heterocycles. The van der Waals surface area contributed by atoms with Crippen LogP contribution in [0.25, 0.3) is 0 Å². The second kappa shape index (κ2) is 10.3. The molecule has 3 aromatic carbocycles. The van der Waals surface area contributed by atoms with Gasteiger partial charge in [0, 0.05) is 6.54 Å². The molecule has 32 heavy (non-hydrogen) atoms. The van der Waals surface area contributed by atoms with Crippen LogP contribution < -0.4 is 14.4 Å². The third kappa shape index (κ3) is 5.88. The SMILES string of the molecule is COc1ccc(CCNC(=O)CN(c2ccc(C)cc2)S(=O)(=O)c2ccc(C)cc2)cc1. The Morgan fingerprint density at radius 3 is 2.00 bits per heavy atom. The van der Waals surface area contributed by atoms with Gasteiger partial charge in [-0.15, -0.1) is 0 Å². The van der Waals surface area contributed by atoms with Crippen LogP contribution in [0, 0.1) is 13.8 Å². The van der Waals surface area contributed by atoms with Crippen molar-refractivity contribution in [1.82, 2.24) is 5.32 Å². The number of amides is 1. The van der Waals surface area contributed by atoms with Gasteiger partial charge in [0.25, 0.3) is 10.0 Å². The van der Waals surface area contributed by atoms with E-state index in [0.717, 1.165) is 26.7 Å². The summed E-state index contributed by atoms with van der Waals surface area (Å²) in [7, 11) is -2.29. The molecule has 0 saturated carbocycles. The quantitative estimate of drug-likeness (QED) is 0.535. The average molecular weight is 453 g/mol. The Kier molecular flexibility index (Phi) is 7.53. The van der Waals surface area contributed by atoms with E-state index in [2.05, 4.69) is 5.32 Å². The summed E-state index contributed by atoms with van der Waals surface area (Å²) in [5.74, 6) is 0.405. The number of benzene rings is 3. The highest BCUT2D eigenvalue weighted by atomic mass is 32.2. The van der Waals surface area contributed by atoms with Crippen molar-refractivity contribution >= 4 is 21.6 Å². The summed E-state index contributed by atoms with van der Waals surface area (Å²) in [6, 6.07) is 21.3. The van der Waals surface area contributed by atoms with Crippen molar-refractivity contribution in [1.29, 1.82) is 0 Å². The van der Waals surface area contributed by atoms with Gasteiger partial charge in [0.15, 0.2) is 0 Å². The maximum absolute atomic E-state index is 13.4. The summed E-state index contributed by atoms with van der Waals surface area (Å²) >= 11 is 0. The molecule has 7 heteroatoms. The molecule has 168 valence electrons. The van der Waals surface area contributed by atoms with E-state index in [1.165, 1.54) is 0 Å². The van der Waals surface area contributed by atoms with Crippen LogP contribution in [0.1, 0.15) is 16.7 Å². The number of anilines is 1. The molecule has 1 N–H and O–H groups in total. The first-order chi connectivity index (χ1) is 15.3. The zero-order valence-corrected chi connectivity index (χ0v) is 19.4. The highest BCUT2D eigenvalue weighted by molar-refractivity contribution is 7.92. The molecule has 0 bridgehead atoms. The van der Waals surface area contributed by atoms with Crippen molar-refractivity contribution in [3.63, 3.8) is 0 Å². The van der Waals surface area contributed by atoms with Crippen LogP contribution in [0.4, 0.5) is 5.69 Å². The maximum Gasteiger partial charge on any atom is 0.264 e. The third-order valence-electron chi connectivity index (χ3n) is 5.11. The molecule has 0 fully saturated rings. The first-order valence-corrected chi connectivity index (χ1v) is 11.8. The smallest absolute Gasteiger partial charge is 0.264 e. The van der Waals surface area contributed by atoms with Gasteiger partial charge in [-0.2, -0.15) is 0 Å². The van der Waals surface area contributed by atoms with E-state index in [9.17, 15) is 13.2 Å². The second-order valence-corrected chi connectivity index (χ2v) is 9.47. The number of rotatable bonds is 9. The Bertz CT molecular complexity index is 1140. The first kappa shape index (κ1) is 23.3. The molecule has 0 aromatic heterocycles. The van der Waals surface area contributed by atoms with Crippen LogP contribution in [-0.4, -0.2) is 34.5 Å². The number of methoxy groups -OCH3 is 1. The topological polar surface area (TPSA) is 75.7 Å². The number of aryl methyl sites for hydroxylation is 2. The van der Waals surface area contributed by atoms with E-state index in [1.54, 1.807) is 43.5 Å². The lowest BCUT2D eigenvalue weighted by molar-refractivity contribution is -0.119. The standard InChI is InChI=1S/C25H28N2O4S/c1-19-4-10-22(11-5-19)27(32(29,30)24-14-6-20(2)7-15-24)18-25(28)26-17-16-21-8-12-23(31-3)13-9-21/h4-15H,16-18H2,1-3H3,(H,26,28). The minimum Gasteiger partial charge on any atom is -0.497 e. The van der Waals surface area contributed by atoms with E-state index in [4.69, 9.17) is 4.74 Å². The minimum absolute atomic E-state index is 0.148. The van der Waals surface area contributed by atoms with Crippen molar-refractivity contribution in [2.45, 2.75) is 25.2 Å². The average Bonchev–Trinajstić information content (AvgIpc) is 2.79. The number of nitrogens with zero attached hydrogens (tertiary/aromatic N) is 1. The number of nitrogens with one attached hydrogen (secondary N) is 1. The molecule has 0 aliphatic heterocycles. The zero-order valence-electron chi connectivity index (χ0n) is 18.5. The number of hydrogen-bond donors (Lipinski definition) is 1. The fourth-order valence-corrected chi connectivity index (χ4v) is 4.61. The van der Waals surface area contributed by atoms with Crippen LogP contribution in [-0.2, 0) is 21.2 Å². The van der Waals surface area contributed by atoms with Crippen LogP contribution in [0.5, 0.6) is 5.75 Å². The largest absolute Gasteiger partial charge is 0.497 e. The molecule has 3 aromatic rings. The molecule has 6 nitrogen and oxygen atoms in total. The molecular weight excluding hydrogens is 424 g/mol. The monoisotopic (exact) mass is 452 g/mol. The van der Waals surface area contributed by atoms with Gasteiger partial charge < -0.3 is 10.1 Å². The molecule has 0 atom stereocenters. The van der Waals surface area contributed by atoms with Gasteiger partial charge >= 0.3 is 0 Å². The van der Waals surface area contributed by atoms with Gasteiger partial charge in [0.1, 0.15) is 12.3 Å². The summed E-state index contributed by atoms with van der Waals surface area (Å²) in [5.41, 5.74) is 3.46. The molecule has 0 spiro atoms. The van der Waals surface area contributed by atoms with Crippen LogP contribution >= 0.6 is 0 Å². The minimum atomic E-state index is -3.91. The number of ether oxygens (including phenoxy) is 1. The van der Waals surface area contributed by atoms with E-state index < -0.39 is 10.0 Å². The first-order valence-electron chi connectivity index (χ1n) is 10.4. The fourth-order valence-electron chi connectivity index (χ4n) is 3.19. The number of carbonyl (C=O) groups excluding carboxylic acids is 1. The summed E-state index contributed by atoms with van der Waals surface area (Å²) in [6.45, 7) is 3.91. The molecule has 0 aliphatic rings. The van der Waals surface area contributed by atoms with Crippen molar-refractivity contribution < 1.29 is 17.9 Å². The summed E-state index contributed by atoms with van der Waals surface area (Å²) in [5, 5.41) is 2.83. The van der Waals surface area contributed by atoms with Gasteiger partial charge in [-0.3, -0.25) is 9.10 Å². The molecular formula is C25H28N2O4S. The normalized spacial score (nSPS) is 11.1. The predicted molar refractivity (Wildman–Crippen MR) is 127 cm³/mol. The molecule has 1 amide bonds. The third-order valence-corrected chi connectivity index (χ3v) is 6.90. The van der Waals surface area contributed by atoms with Crippen LogP contribution in [0.3, 0.4) is 0 Å². The van der Waals surface area contributed by atoms with Gasteiger partial charge in [0.2, 0.25) is 5.91 Å². The Morgan fingerprint density at radius 2 is 1.44 bits per heavy atom. The Hall–Kier alpha value is -3.32. The van der Waals surface area contributed by atoms with E-state index in [1.807, 2.05) is 50.2 Å². The molecule has 0 heterocycles. The number of carbonyl (C=O) groups is 1. The van der Waals surface area contributed by atoms with Crippen molar-refractivity contribution in [2.75, 3.05) is 24.5 Å². The highest BCUT2D eigenvalue weighted by Crippen LogP contribution is 2.24. The van der Waals surface area contributed by atoms with E-state index in [-0.39, 0.29) is 17.3 Å². The lowest BCUT2D eigenvalue weighted by Crippen LogP contribution is -2.41. The lowest BCUT2D eigenvalue weighted by Gasteiger charge is -2.24. The molecule has 3 rings (SSSR count). The summed E-state index contributed by atoms with van der Waals surface area (Å²) in [4.78, 5) is 12.8. The van der Waals surface area contributed by atoms with Crippen LogP contribution in [0.15, 0.2) is 77.7 Å². The van der Waals surface area contributed by atoms with Crippen molar-refractivity contribution in [3.05, 3.63) is 89.5 Å². The van der Waals surface area contributed by atoms with Crippen molar-refractivity contribution in [3.8, 4) is 5.75 Å². The molecule has 0 radical (unpaired) electrons. The number of sulfonamides is 1. The Labute approximate surface area is 189 Å². The van der Waals surface area contributed by atoms with Crippen LogP contribution in [0.2, 0.25) is 0 Å². The van der Waals surface area contributed by atoms with Gasteiger partial charge in [-0.05, 0) is 62.2 Å².